The molecule has 0 unspecified atom stereocenters. The summed E-state index contributed by atoms with van der Waals surface area (Å²) in [7, 11) is 0. The molecule has 0 heterocycles. The molecular weight excluding hydrogens is 480 g/mol. The fourth-order valence-electron chi connectivity index (χ4n) is 8.66. The summed E-state index contributed by atoms with van der Waals surface area (Å²) in [4.78, 5) is 48.8. The normalized spacial score (nSPS) is 43.6. The van der Waals surface area contributed by atoms with Crippen molar-refractivity contribution in [3.63, 3.8) is 0 Å². The third kappa shape index (κ3) is 3.99. The van der Waals surface area contributed by atoms with Crippen molar-refractivity contribution in [2.45, 2.75) is 110 Å². The zero-order valence-corrected chi connectivity index (χ0v) is 22.9. The van der Waals surface area contributed by atoms with Crippen molar-refractivity contribution in [3.8, 4) is 0 Å². The minimum atomic E-state index is -1.60. The number of hydrogen-bond donors (Lipinski definition) is 1. The van der Waals surface area contributed by atoms with Crippen LogP contribution in [0, 0.1) is 28.6 Å². The molecule has 0 radical (unpaired) electrons. The van der Waals surface area contributed by atoms with Gasteiger partial charge in [-0.3, -0.25) is 19.2 Å². The topological polar surface area (TPSA) is 125 Å². The number of carbonyl (C=O) groups excluding carboxylic acids is 4. The van der Waals surface area contributed by atoms with Crippen molar-refractivity contribution in [1.82, 2.24) is 0 Å². The Kier molecular flexibility index (Phi) is 6.58. The minimum Gasteiger partial charge on any atom is -0.462 e. The molecule has 0 saturated heterocycles. The zero-order valence-electron chi connectivity index (χ0n) is 22.9. The van der Waals surface area contributed by atoms with Crippen LogP contribution in [0.1, 0.15) is 80.6 Å². The van der Waals surface area contributed by atoms with E-state index in [0.29, 0.717) is 25.7 Å². The van der Waals surface area contributed by atoms with E-state index < -0.39 is 70.1 Å². The Morgan fingerprint density at radius 3 is 1.95 bits per heavy atom. The van der Waals surface area contributed by atoms with Crippen molar-refractivity contribution in [3.05, 3.63) is 12.2 Å². The Hall–Kier alpha value is -2.42. The Balaban J connectivity index is 1.90. The van der Waals surface area contributed by atoms with Crippen molar-refractivity contribution in [2.75, 3.05) is 0 Å². The number of hydrogen-bond acceptors (Lipinski definition) is 9. The summed E-state index contributed by atoms with van der Waals surface area (Å²) in [6, 6.07) is 0. The van der Waals surface area contributed by atoms with E-state index in [1.165, 1.54) is 27.7 Å². The molecule has 37 heavy (non-hydrogen) atoms. The fourth-order valence-corrected chi connectivity index (χ4v) is 8.66. The summed E-state index contributed by atoms with van der Waals surface area (Å²) < 4.78 is 23.5. The van der Waals surface area contributed by atoms with Gasteiger partial charge in [0.2, 0.25) is 0 Å². The van der Waals surface area contributed by atoms with Crippen molar-refractivity contribution in [2.24, 2.45) is 28.6 Å². The molecule has 4 rings (SSSR count). The van der Waals surface area contributed by atoms with Crippen LogP contribution in [-0.4, -0.2) is 58.5 Å². The third-order valence-corrected chi connectivity index (χ3v) is 9.91. The van der Waals surface area contributed by atoms with Gasteiger partial charge in [-0.25, -0.2) is 0 Å². The second kappa shape index (κ2) is 8.82. The zero-order chi connectivity index (χ0) is 27.7. The van der Waals surface area contributed by atoms with Crippen LogP contribution in [0.15, 0.2) is 12.2 Å². The highest BCUT2D eigenvalue weighted by Gasteiger charge is 2.75. The van der Waals surface area contributed by atoms with Crippen LogP contribution in [0.5, 0.6) is 0 Å². The average molecular weight is 521 g/mol. The van der Waals surface area contributed by atoms with Gasteiger partial charge in [0.1, 0.15) is 29.5 Å². The van der Waals surface area contributed by atoms with Gasteiger partial charge in [0.05, 0.1) is 0 Å². The van der Waals surface area contributed by atoms with E-state index in [9.17, 15) is 24.3 Å². The molecule has 9 nitrogen and oxygen atoms in total. The van der Waals surface area contributed by atoms with Gasteiger partial charge < -0.3 is 24.1 Å². The Labute approximate surface area is 218 Å². The first-order valence-corrected chi connectivity index (χ1v) is 13.1. The molecule has 0 aromatic heterocycles. The van der Waals surface area contributed by atoms with Crippen LogP contribution < -0.4 is 0 Å². The van der Waals surface area contributed by atoms with Crippen LogP contribution in [0.3, 0.4) is 0 Å². The Morgan fingerprint density at radius 2 is 1.41 bits per heavy atom. The van der Waals surface area contributed by atoms with Gasteiger partial charge in [0.15, 0.2) is 0 Å². The lowest BCUT2D eigenvalue weighted by Gasteiger charge is -2.48. The molecule has 2 bridgehead atoms. The highest BCUT2D eigenvalue weighted by Crippen LogP contribution is 2.70. The largest absolute Gasteiger partial charge is 0.462 e. The molecule has 0 aliphatic heterocycles. The maximum absolute atomic E-state index is 12.6. The lowest BCUT2D eigenvalue weighted by molar-refractivity contribution is -0.204. The molecule has 4 saturated carbocycles. The van der Waals surface area contributed by atoms with Gasteiger partial charge in [-0.1, -0.05) is 26.0 Å². The maximum atomic E-state index is 12.6. The predicted octanol–water partition coefficient (Wildman–Crippen LogP) is 3.26. The smallest absolute Gasteiger partial charge is 0.303 e. The molecule has 4 aliphatic rings. The summed E-state index contributed by atoms with van der Waals surface area (Å²) in [5.41, 5.74) is -3.49. The highest BCUT2D eigenvalue weighted by atomic mass is 16.6. The first kappa shape index (κ1) is 27.6. The van der Waals surface area contributed by atoms with Crippen LogP contribution in [0.4, 0.5) is 0 Å². The molecule has 1 N–H and O–H groups in total. The number of aliphatic hydroxyl groups is 1. The van der Waals surface area contributed by atoms with Crippen molar-refractivity contribution >= 4 is 23.9 Å². The molecular formula is C28H40O9. The van der Waals surface area contributed by atoms with Crippen molar-refractivity contribution < 1.29 is 43.2 Å². The molecule has 9 atom stereocenters. The van der Waals surface area contributed by atoms with Gasteiger partial charge in [-0.15, -0.1) is 0 Å². The van der Waals surface area contributed by atoms with Crippen LogP contribution >= 0.6 is 0 Å². The van der Waals surface area contributed by atoms with E-state index in [-0.39, 0.29) is 18.3 Å². The summed E-state index contributed by atoms with van der Waals surface area (Å²) in [6.07, 6.45) is -0.00949. The van der Waals surface area contributed by atoms with E-state index in [2.05, 4.69) is 6.58 Å². The molecule has 4 fully saturated rings. The van der Waals surface area contributed by atoms with Crippen LogP contribution in [-0.2, 0) is 38.1 Å². The molecule has 4 aliphatic carbocycles. The Bertz CT molecular complexity index is 1030. The number of esters is 4. The molecule has 0 amide bonds. The van der Waals surface area contributed by atoms with E-state index in [4.69, 9.17) is 18.9 Å². The molecule has 206 valence electrons. The summed E-state index contributed by atoms with van der Waals surface area (Å²) in [6.45, 7) is 15.3. The van der Waals surface area contributed by atoms with Crippen LogP contribution in [0.2, 0.25) is 0 Å². The standard InChI is InChI=1S/C28H40O9/c1-14-19-9-10-20-24(36-17(4)31)27(19,13-26(20,8)37-18(5)32)12-23(35-16(3)30)28(33)21(14)11-22(25(28,6)7)34-15(2)29/h19-24,33H,1,9-13H2,2-8H3/t19-,20+,21-,22-,23+,24+,26+,27-,28-/m0/s1. The average Bonchev–Trinajstić information content (AvgIpc) is 2.96. The lowest BCUT2D eigenvalue weighted by atomic mass is 9.61. The minimum absolute atomic E-state index is 0.185. The third-order valence-electron chi connectivity index (χ3n) is 9.91. The number of fused-ring (bicyclic) bond motifs is 2. The maximum Gasteiger partial charge on any atom is 0.303 e. The number of carbonyl (C=O) groups is 4. The second-order valence-corrected chi connectivity index (χ2v) is 12.4. The second-order valence-electron chi connectivity index (χ2n) is 12.4. The van der Waals surface area contributed by atoms with Gasteiger partial charge >= 0.3 is 23.9 Å². The summed E-state index contributed by atoms with van der Waals surface area (Å²) in [5.74, 6) is -2.86. The summed E-state index contributed by atoms with van der Waals surface area (Å²) in [5, 5.41) is 12.6. The van der Waals surface area contributed by atoms with Gasteiger partial charge in [0.25, 0.3) is 0 Å². The Morgan fingerprint density at radius 1 is 0.838 bits per heavy atom. The quantitative estimate of drug-likeness (QED) is 0.338. The molecule has 9 heteroatoms. The van der Waals surface area contributed by atoms with E-state index in [1.807, 2.05) is 20.8 Å². The molecule has 1 spiro atoms. The first-order chi connectivity index (χ1) is 17.0. The van der Waals surface area contributed by atoms with Crippen LogP contribution in [0.25, 0.3) is 0 Å². The molecule has 0 aromatic rings. The SMILES string of the molecule is C=C1[C@@H]2CC[C@@H]3[C@@H](OC(C)=O)[C@@]2(C[C@@H](OC(C)=O)[C@@]2(O)[C@H]1C[C@H](OC(C)=O)C2(C)C)C[C@@]3(C)OC(C)=O. The van der Waals surface area contributed by atoms with E-state index >= 15 is 0 Å². The van der Waals surface area contributed by atoms with Gasteiger partial charge in [-0.2, -0.15) is 0 Å². The first-order valence-electron chi connectivity index (χ1n) is 13.1. The molecule has 0 aromatic carbocycles. The lowest BCUT2D eigenvalue weighted by Crippen LogP contribution is -2.58. The number of rotatable bonds is 4. The highest BCUT2D eigenvalue weighted by molar-refractivity contribution is 5.68. The van der Waals surface area contributed by atoms with Crippen molar-refractivity contribution in [1.29, 1.82) is 0 Å². The van der Waals surface area contributed by atoms with Gasteiger partial charge in [0, 0.05) is 50.4 Å². The monoisotopic (exact) mass is 520 g/mol. The summed E-state index contributed by atoms with van der Waals surface area (Å²) >= 11 is 0. The fraction of sp³-hybridized carbons (Fsp3) is 0.786. The van der Waals surface area contributed by atoms with Gasteiger partial charge in [-0.05, 0) is 44.9 Å². The van der Waals surface area contributed by atoms with E-state index in [1.54, 1.807) is 0 Å². The predicted molar refractivity (Wildman–Crippen MR) is 131 cm³/mol. The van der Waals surface area contributed by atoms with E-state index in [0.717, 1.165) is 5.57 Å². The number of ether oxygens (including phenoxy) is 4.